The van der Waals surface area contributed by atoms with Gasteiger partial charge in [0.15, 0.2) is 23.2 Å². The molecule has 194 valence electrons. The number of fused-ring (bicyclic) bond motifs is 1. The minimum absolute atomic E-state index is 0.0817. The van der Waals surface area contributed by atoms with Crippen LogP contribution in [-0.2, 0) is 18.6 Å². The maximum atomic E-state index is 13.3. The van der Waals surface area contributed by atoms with Crippen molar-refractivity contribution in [2.45, 2.75) is 37.5 Å². The van der Waals surface area contributed by atoms with Gasteiger partial charge in [-0.25, -0.2) is 9.55 Å². The lowest BCUT2D eigenvalue weighted by atomic mass is 10.1. The molecule has 1 unspecified atom stereocenters. The molecule has 6 atom stereocenters. The predicted octanol–water partition coefficient (Wildman–Crippen LogP) is 0.0952. The Morgan fingerprint density at radius 3 is 2.67 bits per heavy atom. The van der Waals surface area contributed by atoms with Gasteiger partial charge in [0.1, 0.15) is 30.1 Å². The van der Waals surface area contributed by atoms with E-state index in [4.69, 9.17) is 19.5 Å². The lowest BCUT2D eigenvalue weighted by molar-refractivity contribution is -0.138. The molecule has 1 aliphatic heterocycles. The van der Waals surface area contributed by atoms with Gasteiger partial charge in [0.25, 0.3) is 0 Å². The molecule has 0 radical (unpaired) electrons. The van der Waals surface area contributed by atoms with Gasteiger partial charge in [-0.1, -0.05) is 18.2 Å². The molecule has 0 spiro atoms. The molecule has 36 heavy (non-hydrogen) atoms. The van der Waals surface area contributed by atoms with Crippen molar-refractivity contribution in [3.05, 3.63) is 36.7 Å². The van der Waals surface area contributed by atoms with Gasteiger partial charge in [0, 0.05) is 0 Å². The molecule has 3 heterocycles. The van der Waals surface area contributed by atoms with Crippen molar-refractivity contribution in [3.63, 3.8) is 0 Å². The number of ether oxygens (including phenoxy) is 1. The number of nitrogen functional groups attached to an aromatic ring is 1. The van der Waals surface area contributed by atoms with Crippen LogP contribution in [0.2, 0.25) is 0 Å². The molecule has 1 fully saturated rings. The second-order valence-corrected chi connectivity index (χ2v) is 9.49. The van der Waals surface area contributed by atoms with Crippen LogP contribution in [0.15, 0.2) is 36.7 Å². The van der Waals surface area contributed by atoms with E-state index in [1.165, 1.54) is 30.0 Å². The standard InChI is InChI=1S/C19H24N7O9P/c1-9(18(29)30)25-36(32,35-10-5-3-2-4-6-10)33-7-11-13(27)14(28)17(34-11)26-8-21-12-15(24-31)22-19(20)23-16(12)26/h2-6,8-9,11,13-14,17,27-28,31H,7H2,1H3,(H,25,32)(H,29,30)(H3,20,22,23,24)/t9?,11-,13-,14-,17-,36+/m1/s1. The first-order valence-electron chi connectivity index (χ1n) is 10.5. The first kappa shape index (κ1) is 25.7. The monoisotopic (exact) mass is 525 g/mol. The number of aromatic nitrogens is 4. The molecule has 4 rings (SSSR count). The van der Waals surface area contributed by atoms with E-state index < -0.39 is 50.9 Å². The van der Waals surface area contributed by atoms with Crippen LogP contribution in [0.4, 0.5) is 11.8 Å². The van der Waals surface area contributed by atoms with E-state index >= 15 is 0 Å². The van der Waals surface area contributed by atoms with Crippen LogP contribution in [0.1, 0.15) is 13.2 Å². The highest BCUT2D eigenvalue weighted by Gasteiger charge is 2.46. The van der Waals surface area contributed by atoms with Crippen molar-refractivity contribution in [1.29, 1.82) is 0 Å². The second-order valence-electron chi connectivity index (χ2n) is 7.80. The van der Waals surface area contributed by atoms with Crippen molar-refractivity contribution in [3.8, 4) is 5.75 Å². The van der Waals surface area contributed by atoms with Gasteiger partial charge in [-0.05, 0) is 19.1 Å². The summed E-state index contributed by atoms with van der Waals surface area (Å²) < 4.78 is 31.2. The first-order valence-corrected chi connectivity index (χ1v) is 12.1. The van der Waals surface area contributed by atoms with Crippen LogP contribution < -0.4 is 20.8 Å². The molecule has 3 aromatic rings. The summed E-state index contributed by atoms with van der Waals surface area (Å²) in [6, 6.07) is 6.63. The van der Waals surface area contributed by atoms with Gasteiger partial charge in [-0.15, -0.1) is 0 Å². The van der Waals surface area contributed by atoms with E-state index in [1.807, 2.05) is 5.48 Å². The number of rotatable bonds is 10. The third-order valence-electron chi connectivity index (χ3n) is 5.26. The van der Waals surface area contributed by atoms with E-state index in [2.05, 4.69) is 20.0 Å². The van der Waals surface area contributed by atoms with Crippen molar-refractivity contribution in [1.82, 2.24) is 24.6 Å². The SMILES string of the molecule is CC(N[P@](=O)(OC[C@H]1O[C@@H](n2cnc3c(NO)nc(N)nc32)[C@H](O)[C@@H]1O)Oc1ccccc1)C(=O)O. The van der Waals surface area contributed by atoms with E-state index in [-0.39, 0.29) is 28.7 Å². The minimum atomic E-state index is -4.28. The number of anilines is 2. The summed E-state index contributed by atoms with van der Waals surface area (Å²) in [5.41, 5.74) is 7.71. The number of aliphatic hydroxyl groups excluding tert-OH is 2. The average molecular weight is 525 g/mol. The number of hydrogen-bond donors (Lipinski definition) is 7. The Labute approximate surface area is 203 Å². The van der Waals surface area contributed by atoms with Gasteiger partial charge < -0.3 is 30.3 Å². The van der Waals surface area contributed by atoms with Crippen LogP contribution in [0.3, 0.4) is 0 Å². The van der Waals surface area contributed by atoms with Crippen LogP contribution in [0.25, 0.3) is 11.2 Å². The first-order chi connectivity index (χ1) is 17.1. The maximum absolute atomic E-state index is 13.3. The smallest absolute Gasteiger partial charge is 0.459 e. The summed E-state index contributed by atoms with van der Waals surface area (Å²) in [6.45, 7) is 0.700. The number of carboxylic acid groups (broad SMARTS) is 1. The number of carboxylic acids is 1. The zero-order valence-electron chi connectivity index (χ0n) is 18.7. The third-order valence-corrected chi connectivity index (χ3v) is 6.90. The number of carbonyl (C=O) groups is 1. The number of nitrogens with one attached hydrogen (secondary N) is 2. The summed E-state index contributed by atoms with van der Waals surface area (Å²) in [6.07, 6.45) is -4.21. The fourth-order valence-electron chi connectivity index (χ4n) is 3.47. The molecule has 8 N–H and O–H groups in total. The topological polar surface area (TPSA) is 236 Å². The minimum Gasteiger partial charge on any atom is -0.480 e. The van der Waals surface area contributed by atoms with Gasteiger partial charge in [-0.2, -0.15) is 15.1 Å². The molecule has 1 saturated heterocycles. The lowest BCUT2D eigenvalue weighted by Crippen LogP contribution is -2.36. The summed E-state index contributed by atoms with van der Waals surface area (Å²) in [4.78, 5) is 23.2. The number of nitrogens with zero attached hydrogens (tertiary/aromatic N) is 4. The molecule has 17 heteroatoms. The lowest BCUT2D eigenvalue weighted by Gasteiger charge is -2.24. The molecule has 0 amide bonds. The second kappa shape index (κ2) is 10.3. The summed E-state index contributed by atoms with van der Waals surface area (Å²) >= 11 is 0. The zero-order valence-corrected chi connectivity index (χ0v) is 19.6. The number of imidazole rings is 1. The van der Waals surface area contributed by atoms with Crippen molar-refractivity contribution in [2.75, 3.05) is 17.8 Å². The Bertz CT molecular complexity index is 1280. The summed E-state index contributed by atoms with van der Waals surface area (Å²) in [5.74, 6) is -1.44. The van der Waals surface area contributed by atoms with E-state index in [1.54, 1.807) is 18.2 Å². The zero-order chi connectivity index (χ0) is 26.0. The van der Waals surface area contributed by atoms with Crippen LogP contribution in [0.5, 0.6) is 5.75 Å². The Morgan fingerprint density at radius 1 is 1.28 bits per heavy atom. The average Bonchev–Trinajstić information content (AvgIpc) is 3.38. The Balaban J connectivity index is 1.53. The Morgan fingerprint density at radius 2 is 2.00 bits per heavy atom. The molecule has 0 saturated carbocycles. The van der Waals surface area contributed by atoms with Gasteiger partial charge in [0.05, 0.1) is 12.9 Å². The largest absolute Gasteiger partial charge is 0.480 e. The quantitative estimate of drug-likeness (QED) is 0.137. The summed E-state index contributed by atoms with van der Waals surface area (Å²) in [5, 5.41) is 42.0. The number of benzene rings is 1. The Kier molecular flexibility index (Phi) is 7.37. The predicted molar refractivity (Wildman–Crippen MR) is 122 cm³/mol. The van der Waals surface area contributed by atoms with Crippen LogP contribution >= 0.6 is 7.75 Å². The van der Waals surface area contributed by atoms with Crippen molar-refractivity contribution >= 4 is 36.6 Å². The molecule has 2 aromatic heterocycles. The fourth-order valence-corrected chi connectivity index (χ4v) is 4.98. The molecular formula is C19H24N7O9P. The number of aliphatic hydroxyl groups is 2. The van der Waals surface area contributed by atoms with Crippen molar-refractivity contribution < 1.29 is 43.7 Å². The molecule has 0 aliphatic carbocycles. The number of nitrogens with two attached hydrogens (primary N) is 1. The molecule has 1 aromatic carbocycles. The Hall–Kier alpha value is -3.37. The van der Waals surface area contributed by atoms with E-state index in [0.717, 1.165) is 0 Å². The van der Waals surface area contributed by atoms with E-state index in [9.17, 15) is 29.9 Å². The van der Waals surface area contributed by atoms with E-state index in [0.29, 0.717) is 0 Å². The highest BCUT2D eigenvalue weighted by atomic mass is 31.2. The highest BCUT2D eigenvalue weighted by molar-refractivity contribution is 7.52. The van der Waals surface area contributed by atoms with Gasteiger partial charge >= 0.3 is 13.7 Å². The van der Waals surface area contributed by atoms with Crippen LogP contribution in [0, 0.1) is 0 Å². The van der Waals surface area contributed by atoms with Crippen LogP contribution in [-0.4, -0.2) is 77.0 Å². The molecule has 16 nitrogen and oxygen atoms in total. The van der Waals surface area contributed by atoms with Gasteiger partial charge in [0.2, 0.25) is 5.95 Å². The fraction of sp³-hybridized carbons (Fsp3) is 0.368. The molecular weight excluding hydrogens is 501 g/mol. The third kappa shape index (κ3) is 5.24. The molecule has 1 aliphatic rings. The summed E-state index contributed by atoms with van der Waals surface area (Å²) in [7, 11) is -4.28. The number of aliphatic carboxylic acids is 1. The number of para-hydroxylation sites is 1. The molecule has 0 bridgehead atoms. The normalized spacial score (nSPS) is 24.3. The van der Waals surface area contributed by atoms with Crippen molar-refractivity contribution in [2.24, 2.45) is 0 Å². The maximum Gasteiger partial charge on any atom is 0.459 e. The number of hydrogen-bond acceptors (Lipinski definition) is 13. The van der Waals surface area contributed by atoms with Gasteiger partial charge in [-0.3, -0.25) is 24.6 Å². The highest BCUT2D eigenvalue weighted by Crippen LogP contribution is 2.46.